The largest absolute Gasteiger partial charge is 0.383 e. The number of nitrogens with two attached hydrogens (primary N) is 1. The van der Waals surface area contributed by atoms with E-state index >= 15 is 0 Å². The molecule has 0 aliphatic carbocycles. The highest BCUT2D eigenvalue weighted by atomic mass is 19.1. The molecule has 4 rings (SSSR count). The van der Waals surface area contributed by atoms with E-state index in [1.807, 2.05) is 18.0 Å². The first-order chi connectivity index (χ1) is 13.9. The Balaban J connectivity index is 1.36. The van der Waals surface area contributed by atoms with E-state index in [4.69, 9.17) is 5.73 Å². The molecule has 2 aromatic heterocycles. The molecule has 8 nitrogen and oxygen atoms in total. The van der Waals surface area contributed by atoms with Crippen molar-refractivity contribution in [1.82, 2.24) is 25.1 Å². The number of benzene rings is 1. The highest BCUT2D eigenvalue weighted by molar-refractivity contribution is 5.86. The molecule has 1 fully saturated rings. The number of nitrogens with one attached hydrogen (secondary N) is 1. The molecule has 0 radical (unpaired) electrons. The molecule has 0 atom stereocenters. The van der Waals surface area contributed by atoms with E-state index < -0.39 is 0 Å². The maximum absolute atomic E-state index is 13.6. The molecule has 152 valence electrons. The number of halogens is 1. The summed E-state index contributed by atoms with van der Waals surface area (Å²) < 4.78 is 15.3. The third-order valence-electron chi connectivity index (χ3n) is 5.46. The van der Waals surface area contributed by atoms with E-state index in [0.717, 1.165) is 10.9 Å². The Morgan fingerprint density at radius 3 is 2.79 bits per heavy atom. The van der Waals surface area contributed by atoms with Crippen LogP contribution >= 0.6 is 0 Å². The molecule has 0 saturated carbocycles. The number of carbonyl (C=O) groups excluding carboxylic acids is 1. The number of aryl methyl sites for hydroxylation is 2. The molecule has 1 aromatic carbocycles. The van der Waals surface area contributed by atoms with Crippen LogP contribution in [0.3, 0.4) is 0 Å². The summed E-state index contributed by atoms with van der Waals surface area (Å²) in [5, 5.41) is 7.83. The van der Waals surface area contributed by atoms with Gasteiger partial charge in [-0.25, -0.2) is 4.39 Å². The van der Waals surface area contributed by atoms with Crippen LogP contribution in [-0.2, 0) is 18.4 Å². The third kappa shape index (κ3) is 3.85. The van der Waals surface area contributed by atoms with Crippen LogP contribution in [0.15, 0.2) is 24.4 Å². The average molecular weight is 397 g/mol. The van der Waals surface area contributed by atoms with Crippen LogP contribution in [0.1, 0.15) is 24.0 Å². The predicted octanol–water partition coefficient (Wildman–Crippen LogP) is 1.93. The number of anilines is 2. The first-order valence-corrected chi connectivity index (χ1v) is 9.65. The monoisotopic (exact) mass is 397 g/mol. The summed E-state index contributed by atoms with van der Waals surface area (Å²) in [5.41, 5.74) is 8.09. The lowest BCUT2D eigenvalue weighted by Crippen LogP contribution is -2.41. The van der Waals surface area contributed by atoms with Gasteiger partial charge in [0.05, 0.1) is 11.6 Å². The number of hydrogen-bond acceptors (Lipinski definition) is 6. The van der Waals surface area contributed by atoms with Crippen molar-refractivity contribution in [3.05, 3.63) is 41.3 Å². The lowest BCUT2D eigenvalue weighted by molar-refractivity contribution is -0.125. The molecular weight excluding hydrogens is 373 g/mol. The first kappa shape index (κ1) is 19.1. The quantitative estimate of drug-likeness (QED) is 0.697. The Labute approximate surface area is 167 Å². The molecular formula is C20H24FN7O. The van der Waals surface area contributed by atoms with Gasteiger partial charge in [0.2, 0.25) is 11.9 Å². The predicted molar refractivity (Wildman–Crippen MR) is 109 cm³/mol. The minimum Gasteiger partial charge on any atom is -0.383 e. The summed E-state index contributed by atoms with van der Waals surface area (Å²) in [6, 6.07) is 5.02. The molecule has 0 bridgehead atoms. The topological polar surface area (TPSA) is 102 Å². The van der Waals surface area contributed by atoms with Crippen molar-refractivity contribution in [2.24, 2.45) is 13.0 Å². The smallest absolute Gasteiger partial charge is 0.229 e. The maximum Gasteiger partial charge on any atom is 0.229 e. The standard InChI is InChI=1S/C20H24FN7O/c1-12-3-4-13(9-16(12)21)10-23-19(29)14-5-7-28(8-6-14)20-25-17(22)15-11-24-27(2)18(15)26-20/h3-4,9,11,14H,5-8,10H2,1-2H3,(H,23,29)(H2,22,25,26). The number of aromatic nitrogens is 4. The van der Waals surface area contributed by atoms with Gasteiger partial charge in [-0.2, -0.15) is 15.1 Å². The molecule has 3 aromatic rings. The van der Waals surface area contributed by atoms with E-state index in [1.165, 1.54) is 6.07 Å². The molecule has 3 heterocycles. The van der Waals surface area contributed by atoms with Gasteiger partial charge in [0.25, 0.3) is 0 Å². The molecule has 1 aliphatic rings. The highest BCUT2D eigenvalue weighted by Gasteiger charge is 2.26. The molecule has 9 heteroatoms. The van der Waals surface area contributed by atoms with Gasteiger partial charge in [0, 0.05) is 32.6 Å². The van der Waals surface area contributed by atoms with Crippen LogP contribution in [0.25, 0.3) is 11.0 Å². The van der Waals surface area contributed by atoms with Crippen LogP contribution in [-0.4, -0.2) is 38.7 Å². The Kier molecular flexibility index (Phi) is 5.04. The van der Waals surface area contributed by atoms with Crippen molar-refractivity contribution in [3.63, 3.8) is 0 Å². The molecule has 1 saturated heterocycles. The average Bonchev–Trinajstić information content (AvgIpc) is 3.10. The van der Waals surface area contributed by atoms with Crippen molar-refractivity contribution < 1.29 is 9.18 Å². The van der Waals surface area contributed by atoms with Gasteiger partial charge < -0.3 is 16.0 Å². The highest BCUT2D eigenvalue weighted by Crippen LogP contribution is 2.25. The van der Waals surface area contributed by atoms with E-state index in [-0.39, 0.29) is 17.6 Å². The van der Waals surface area contributed by atoms with Crippen molar-refractivity contribution >= 4 is 28.7 Å². The summed E-state index contributed by atoms with van der Waals surface area (Å²) >= 11 is 0. The second-order valence-electron chi connectivity index (χ2n) is 7.48. The zero-order chi connectivity index (χ0) is 20.5. The van der Waals surface area contributed by atoms with E-state index in [9.17, 15) is 9.18 Å². The van der Waals surface area contributed by atoms with Gasteiger partial charge in [-0.3, -0.25) is 9.48 Å². The number of hydrogen-bond donors (Lipinski definition) is 2. The van der Waals surface area contributed by atoms with Gasteiger partial charge in [-0.05, 0) is 37.0 Å². The molecule has 0 unspecified atom stereocenters. The zero-order valence-corrected chi connectivity index (χ0v) is 16.5. The summed E-state index contributed by atoms with van der Waals surface area (Å²) in [4.78, 5) is 23.5. The van der Waals surface area contributed by atoms with E-state index in [0.29, 0.717) is 55.5 Å². The summed E-state index contributed by atoms with van der Waals surface area (Å²) in [7, 11) is 1.81. The number of nitrogen functional groups attached to an aromatic ring is 1. The van der Waals surface area contributed by atoms with Gasteiger partial charge in [-0.15, -0.1) is 0 Å². The minimum atomic E-state index is -0.255. The number of fused-ring (bicyclic) bond motifs is 1. The van der Waals surface area contributed by atoms with Crippen molar-refractivity contribution in [3.8, 4) is 0 Å². The number of nitrogens with zero attached hydrogens (tertiary/aromatic N) is 5. The fourth-order valence-electron chi connectivity index (χ4n) is 3.59. The number of carbonyl (C=O) groups is 1. The van der Waals surface area contributed by atoms with Gasteiger partial charge in [0.1, 0.15) is 11.6 Å². The molecule has 3 N–H and O–H groups in total. The Bertz CT molecular complexity index is 1060. The molecule has 29 heavy (non-hydrogen) atoms. The molecule has 0 spiro atoms. The van der Waals surface area contributed by atoms with Crippen molar-refractivity contribution in [2.75, 3.05) is 23.7 Å². The van der Waals surface area contributed by atoms with Crippen molar-refractivity contribution in [2.45, 2.75) is 26.3 Å². The summed E-state index contributed by atoms with van der Waals surface area (Å²) in [5.74, 6) is 0.623. The number of rotatable bonds is 4. The lowest BCUT2D eigenvalue weighted by atomic mass is 9.96. The zero-order valence-electron chi connectivity index (χ0n) is 16.5. The SMILES string of the molecule is Cc1ccc(CNC(=O)C2CCN(c3nc(N)c4cnn(C)c4n3)CC2)cc1F. The minimum absolute atomic E-state index is 0.00634. The van der Waals surface area contributed by atoms with E-state index in [2.05, 4.69) is 20.4 Å². The van der Waals surface area contributed by atoms with Crippen LogP contribution < -0.4 is 16.0 Å². The van der Waals surface area contributed by atoms with Gasteiger partial charge in [0.15, 0.2) is 5.65 Å². The van der Waals surface area contributed by atoms with Crippen LogP contribution in [0.4, 0.5) is 16.2 Å². The Morgan fingerprint density at radius 2 is 2.07 bits per heavy atom. The van der Waals surface area contributed by atoms with Crippen molar-refractivity contribution in [1.29, 1.82) is 0 Å². The fourth-order valence-corrected chi connectivity index (χ4v) is 3.59. The third-order valence-corrected chi connectivity index (χ3v) is 5.46. The maximum atomic E-state index is 13.6. The van der Waals surface area contributed by atoms with Crippen LogP contribution in [0.5, 0.6) is 0 Å². The normalized spacial score (nSPS) is 15.1. The summed E-state index contributed by atoms with van der Waals surface area (Å²) in [6.45, 7) is 3.38. The fraction of sp³-hybridized carbons (Fsp3) is 0.400. The number of piperidine rings is 1. The second kappa shape index (κ2) is 7.65. The lowest BCUT2D eigenvalue weighted by Gasteiger charge is -2.31. The van der Waals surface area contributed by atoms with Gasteiger partial charge >= 0.3 is 0 Å². The Morgan fingerprint density at radius 1 is 1.31 bits per heavy atom. The van der Waals surface area contributed by atoms with Crippen LogP contribution in [0, 0.1) is 18.7 Å². The van der Waals surface area contributed by atoms with Crippen LogP contribution in [0.2, 0.25) is 0 Å². The molecule has 1 aliphatic heterocycles. The number of amides is 1. The molecule has 1 amide bonds. The Hall–Kier alpha value is -3.23. The summed E-state index contributed by atoms with van der Waals surface area (Å²) in [6.07, 6.45) is 3.05. The second-order valence-corrected chi connectivity index (χ2v) is 7.48. The van der Waals surface area contributed by atoms with E-state index in [1.54, 1.807) is 23.9 Å². The first-order valence-electron chi connectivity index (χ1n) is 9.65. The van der Waals surface area contributed by atoms with Gasteiger partial charge in [-0.1, -0.05) is 12.1 Å².